The molecule has 0 radical (unpaired) electrons. The van der Waals surface area contributed by atoms with E-state index in [4.69, 9.17) is 4.74 Å². The van der Waals surface area contributed by atoms with Gasteiger partial charge in [-0.1, -0.05) is 6.07 Å². The molecule has 1 N–H and O–H groups in total. The number of halogens is 1. The fourth-order valence-electron chi connectivity index (χ4n) is 1.20. The lowest BCUT2D eigenvalue weighted by molar-refractivity contribution is -0.846. The van der Waals surface area contributed by atoms with Gasteiger partial charge in [-0.25, -0.2) is 4.39 Å². The number of hydrogen-bond donors (Lipinski definition) is 1. The van der Waals surface area contributed by atoms with Gasteiger partial charge in [0.15, 0.2) is 0 Å². The Kier molecular flexibility index (Phi) is 3.25. The van der Waals surface area contributed by atoms with E-state index >= 15 is 0 Å². The molecule has 2 nitrogen and oxygen atoms in total. The van der Waals surface area contributed by atoms with E-state index in [0.717, 1.165) is 4.90 Å². The highest BCUT2D eigenvalue weighted by atomic mass is 19.1. The van der Waals surface area contributed by atoms with E-state index in [2.05, 4.69) is 7.05 Å². The molecule has 0 saturated heterocycles. The predicted octanol–water partition coefficient (Wildman–Crippen LogP) is 0.641. The first-order valence-electron chi connectivity index (χ1n) is 4.11. The van der Waals surface area contributed by atoms with Gasteiger partial charge in [0.1, 0.15) is 11.6 Å². The number of quaternary nitrogens is 1. The number of ether oxygens (including phenoxy) is 1. The fraction of sp³-hybridized carbons (Fsp3) is 0.300. The van der Waals surface area contributed by atoms with Crippen LogP contribution in [0.1, 0.15) is 5.56 Å². The average molecular weight is 183 g/mol. The van der Waals surface area contributed by atoms with Gasteiger partial charge in [0.25, 0.3) is 0 Å². The Morgan fingerprint density at radius 3 is 2.77 bits per heavy atom. The molecule has 0 spiro atoms. The molecule has 72 valence electrons. The normalized spacial score (nSPS) is 12.6. The molecule has 0 bridgehead atoms. The van der Waals surface area contributed by atoms with Crippen molar-refractivity contribution in [3.63, 3.8) is 0 Å². The third kappa shape index (κ3) is 2.42. The Hall–Kier alpha value is -1.09. The van der Waals surface area contributed by atoms with Crippen molar-refractivity contribution < 1.29 is 14.0 Å². The minimum absolute atomic E-state index is 0.234. The summed E-state index contributed by atoms with van der Waals surface area (Å²) < 4.78 is 18.3. The van der Waals surface area contributed by atoms with E-state index in [0.29, 0.717) is 17.9 Å². The lowest BCUT2D eigenvalue weighted by Gasteiger charge is -2.16. The molecule has 1 atom stereocenters. The summed E-state index contributed by atoms with van der Waals surface area (Å²) >= 11 is 0. The molecule has 1 aromatic carbocycles. The van der Waals surface area contributed by atoms with Crippen LogP contribution in [0.2, 0.25) is 0 Å². The summed E-state index contributed by atoms with van der Waals surface area (Å²) in [5, 5.41) is 0. The second kappa shape index (κ2) is 4.23. The van der Waals surface area contributed by atoms with Gasteiger partial charge in [-0.15, -0.1) is 0 Å². The first kappa shape index (κ1) is 9.99. The van der Waals surface area contributed by atoms with Gasteiger partial charge in [-0.05, 0) is 12.1 Å². The molecule has 1 unspecified atom stereocenters. The zero-order valence-corrected chi connectivity index (χ0v) is 7.93. The SMILES string of the molecule is [CH2-][NH+](C)Cc1c(F)cccc1OC. The van der Waals surface area contributed by atoms with Crippen molar-refractivity contribution in [1.82, 2.24) is 0 Å². The molecule has 0 saturated carbocycles. The fourth-order valence-corrected chi connectivity index (χ4v) is 1.20. The summed E-state index contributed by atoms with van der Waals surface area (Å²) in [6.07, 6.45) is 0. The molecule has 0 amide bonds. The van der Waals surface area contributed by atoms with Gasteiger partial charge < -0.3 is 9.64 Å². The summed E-state index contributed by atoms with van der Waals surface area (Å²) in [5.41, 5.74) is 0.581. The highest BCUT2D eigenvalue weighted by molar-refractivity contribution is 5.33. The zero-order chi connectivity index (χ0) is 9.84. The van der Waals surface area contributed by atoms with Gasteiger partial charge in [0.05, 0.1) is 19.2 Å². The third-order valence-electron chi connectivity index (χ3n) is 1.77. The number of methoxy groups -OCH3 is 1. The molecule has 0 aliphatic heterocycles. The number of nitrogens with one attached hydrogen (secondary N) is 1. The van der Waals surface area contributed by atoms with Crippen molar-refractivity contribution in [2.75, 3.05) is 14.2 Å². The van der Waals surface area contributed by atoms with Gasteiger partial charge in [-0.3, -0.25) is 0 Å². The van der Waals surface area contributed by atoms with Crippen molar-refractivity contribution in [2.24, 2.45) is 0 Å². The van der Waals surface area contributed by atoms with Crippen LogP contribution < -0.4 is 9.64 Å². The van der Waals surface area contributed by atoms with Crippen molar-refractivity contribution in [3.05, 3.63) is 36.6 Å². The molecule has 0 aliphatic carbocycles. The molecular weight excluding hydrogens is 169 g/mol. The van der Waals surface area contributed by atoms with E-state index < -0.39 is 0 Å². The number of rotatable bonds is 3. The minimum atomic E-state index is -0.234. The second-order valence-electron chi connectivity index (χ2n) is 3.05. The van der Waals surface area contributed by atoms with Gasteiger partial charge >= 0.3 is 0 Å². The standard InChI is InChI=1S/C10H14FNO/c1-12(2)7-8-9(11)5-4-6-10(8)13-3/h4-6,12H,1,7H2,2-3H3. The van der Waals surface area contributed by atoms with E-state index in [1.54, 1.807) is 12.1 Å². The van der Waals surface area contributed by atoms with Crippen LogP contribution in [-0.4, -0.2) is 14.2 Å². The van der Waals surface area contributed by atoms with Crippen LogP contribution >= 0.6 is 0 Å². The Bertz CT molecular complexity index is 286. The Labute approximate surface area is 77.9 Å². The molecule has 13 heavy (non-hydrogen) atoms. The van der Waals surface area contributed by atoms with E-state index in [-0.39, 0.29) is 5.82 Å². The molecule has 0 fully saturated rings. The number of hydrogen-bond acceptors (Lipinski definition) is 1. The van der Waals surface area contributed by atoms with Crippen molar-refractivity contribution in [2.45, 2.75) is 6.54 Å². The maximum absolute atomic E-state index is 13.3. The first-order valence-corrected chi connectivity index (χ1v) is 4.11. The zero-order valence-electron chi connectivity index (χ0n) is 7.93. The summed E-state index contributed by atoms with van der Waals surface area (Å²) in [6.45, 7) is 0.524. The highest BCUT2D eigenvalue weighted by Gasteiger charge is 2.09. The van der Waals surface area contributed by atoms with Gasteiger partial charge in [-0.2, -0.15) is 7.05 Å². The van der Waals surface area contributed by atoms with Crippen LogP contribution in [0.15, 0.2) is 18.2 Å². The minimum Gasteiger partial charge on any atom is -0.496 e. The average Bonchev–Trinajstić information content (AvgIpc) is 2.08. The maximum Gasteiger partial charge on any atom is 0.135 e. The smallest absolute Gasteiger partial charge is 0.135 e. The van der Waals surface area contributed by atoms with Crippen LogP contribution in [0.25, 0.3) is 0 Å². The van der Waals surface area contributed by atoms with Gasteiger partial charge in [0, 0.05) is 7.05 Å². The summed E-state index contributed by atoms with van der Waals surface area (Å²) in [5.74, 6) is 0.352. The predicted molar refractivity (Wildman–Crippen MR) is 48.9 cm³/mol. The molecule has 0 aromatic heterocycles. The van der Waals surface area contributed by atoms with Crippen molar-refractivity contribution in [3.8, 4) is 5.75 Å². The largest absolute Gasteiger partial charge is 0.496 e. The first-order chi connectivity index (χ1) is 6.15. The lowest BCUT2D eigenvalue weighted by Crippen LogP contribution is -3.01. The third-order valence-corrected chi connectivity index (χ3v) is 1.77. The Morgan fingerprint density at radius 2 is 2.23 bits per heavy atom. The van der Waals surface area contributed by atoms with E-state index in [1.807, 2.05) is 7.05 Å². The summed E-state index contributed by atoms with van der Waals surface area (Å²) in [7, 11) is 7.15. The second-order valence-corrected chi connectivity index (χ2v) is 3.05. The van der Waals surface area contributed by atoms with Crippen molar-refractivity contribution in [1.29, 1.82) is 0 Å². The van der Waals surface area contributed by atoms with Crippen LogP contribution in [0.5, 0.6) is 5.75 Å². The van der Waals surface area contributed by atoms with Crippen LogP contribution in [0.4, 0.5) is 4.39 Å². The summed E-state index contributed by atoms with van der Waals surface area (Å²) in [6, 6.07) is 4.82. The monoisotopic (exact) mass is 183 g/mol. The van der Waals surface area contributed by atoms with Crippen molar-refractivity contribution >= 4 is 0 Å². The quantitative estimate of drug-likeness (QED) is 0.679. The van der Waals surface area contributed by atoms with E-state index in [1.165, 1.54) is 13.2 Å². The Balaban J connectivity index is 3.00. The van der Waals surface area contributed by atoms with Crippen LogP contribution in [0, 0.1) is 12.9 Å². The van der Waals surface area contributed by atoms with Gasteiger partial charge in [0.2, 0.25) is 0 Å². The lowest BCUT2D eigenvalue weighted by atomic mass is 10.2. The molecule has 3 heteroatoms. The topological polar surface area (TPSA) is 13.7 Å². The maximum atomic E-state index is 13.3. The molecule has 0 heterocycles. The van der Waals surface area contributed by atoms with Crippen LogP contribution in [0.3, 0.4) is 0 Å². The Morgan fingerprint density at radius 1 is 1.54 bits per heavy atom. The van der Waals surface area contributed by atoms with E-state index in [9.17, 15) is 4.39 Å². The molecule has 0 aliphatic rings. The number of benzene rings is 1. The molecule has 1 rings (SSSR count). The highest BCUT2D eigenvalue weighted by Crippen LogP contribution is 2.19. The molecular formula is C10H14FNO. The van der Waals surface area contributed by atoms with Crippen LogP contribution in [-0.2, 0) is 6.54 Å². The summed E-state index contributed by atoms with van der Waals surface area (Å²) in [4.78, 5) is 0.920. The molecule has 1 aromatic rings.